The van der Waals surface area contributed by atoms with Gasteiger partial charge in [-0.3, -0.25) is 0 Å². The topological polar surface area (TPSA) is 40.6 Å². The number of piperazine rings is 1. The van der Waals surface area contributed by atoms with Crippen LogP contribution in [0.2, 0.25) is 0 Å². The molecule has 2 rings (SSSR count). The third-order valence-electron chi connectivity index (χ3n) is 3.22. The van der Waals surface area contributed by atoms with Crippen molar-refractivity contribution in [2.75, 3.05) is 33.2 Å². The molecule has 1 aliphatic rings. The zero-order valence-electron chi connectivity index (χ0n) is 10.5. The second-order valence-corrected chi connectivity index (χ2v) is 6.42. The van der Waals surface area contributed by atoms with Crippen molar-refractivity contribution >= 4 is 16.1 Å². The number of hydrogen-bond donors (Lipinski definition) is 0. The summed E-state index contributed by atoms with van der Waals surface area (Å²) in [5, 5.41) is 0. The van der Waals surface area contributed by atoms with E-state index in [0.29, 0.717) is 18.0 Å². The van der Waals surface area contributed by atoms with Crippen molar-refractivity contribution in [2.45, 2.75) is 4.90 Å². The second-order valence-electron chi connectivity index (χ2n) is 4.48. The number of nitrogens with zero attached hydrogens (tertiary/aromatic N) is 2. The van der Waals surface area contributed by atoms with Gasteiger partial charge in [0.2, 0.25) is 10.0 Å². The first-order valence-electron chi connectivity index (χ1n) is 5.95. The Labute approximate surface area is 109 Å². The minimum absolute atomic E-state index is 0.359. The van der Waals surface area contributed by atoms with Crippen LogP contribution in [-0.2, 0) is 10.0 Å². The first-order valence-corrected chi connectivity index (χ1v) is 7.39. The lowest BCUT2D eigenvalue weighted by molar-refractivity contribution is 0.222. The lowest BCUT2D eigenvalue weighted by atomic mass is 10.2. The predicted octanol–water partition coefficient (Wildman–Crippen LogP) is 1.27. The summed E-state index contributed by atoms with van der Waals surface area (Å²) in [7, 11) is -1.34. The molecule has 0 atom stereocenters. The molecule has 0 aliphatic carbocycles. The van der Waals surface area contributed by atoms with Gasteiger partial charge in [0.25, 0.3) is 0 Å². The Balaban J connectivity index is 2.21. The zero-order chi connectivity index (χ0) is 13.2. The summed E-state index contributed by atoms with van der Waals surface area (Å²) in [6, 6.07) is 6.83. The number of benzene rings is 1. The summed E-state index contributed by atoms with van der Waals surface area (Å²) in [4.78, 5) is 2.49. The molecule has 1 fully saturated rings. The van der Waals surface area contributed by atoms with Crippen LogP contribution in [0, 0.1) is 0 Å². The molecular formula is C13H18N2O2S. The molecular weight excluding hydrogens is 248 g/mol. The molecule has 0 amide bonds. The van der Waals surface area contributed by atoms with Gasteiger partial charge >= 0.3 is 0 Å². The molecule has 0 unspecified atom stereocenters. The fourth-order valence-corrected chi connectivity index (χ4v) is 3.38. The SMILES string of the molecule is C=Cc1ccc(S(=O)(=O)N2CCN(C)CC2)cc1. The summed E-state index contributed by atoms with van der Waals surface area (Å²) in [6.45, 7) is 6.33. The van der Waals surface area contributed by atoms with Crippen LogP contribution < -0.4 is 0 Å². The molecule has 98 valence electrons. The van der Waals surface area contributed by atoms with Crippen LogP contribution in [0.15, 0.2) is 35.7 Å². The van der Waals surface area contributed by atoms with E-state index in [4.69, 9.17) is 0 Å². The minimum Gasteiger partial charge on any atom is -0.304 e. The van der Waals surface area contributed by atoms with Gasteiger partial charge in [0, 0.05) is 26.2 Å². The van der Waals surface area contributed by atoms with E-state index < -0.39 is 10.0 Å². The highest BCUT2D eigenvalue weighted by atomic mass is 32.2. The van der Waals surface area contributed by atoms with E-state index in [1.54, 1.807) is 34.6 Å². The third-order valence-corrected chi connectivity index (χ3v) is 5.13. The van der Waals surface area contributed by atoms with Gasteiger partial charge in [0.15, 0.2) is 0 Å². The van der Waals surface area contributed by atoms with Crippen LogP contribution in [0.1, 0.15) is 5.56 Å². The van der Waals surface area contributed by atoms with Gasteiger partial charge in [-0.25, -0.2) is 8.42 Å². The normalized spacial score (nSPS) is 18.7. The lowest BCUT2D eigenvalue weighted by Crippen LogP contribution is -2.46. The number of hydrogen-bond acceptors (Lipinski definition) is 3. The van der Waals surface area contributed by atoms with Crippen molar-refractivity contribution in [3.8, 4) is 0 Å². The lowest BCUT2D eigenvalue weighted by Gasteiger charge is -2.31. The molecule has 0 radical (unpaired) electrons. The number of rotatable bonds is 3. The molecule has 4 nitrogen and oxygen atoms in total. The average molecular weight is 266 g/mol. The van der Waals surface area contributed by atoms with Crippen LogP contribution in [0.25, 0.3) is 6.08 Å². The Bertz CT molecular complexity index is 514. The zero-order valence-corrected chi connectivity index (χ0v) is 11.4. The largest absolute Gasteiger partial charge is 0.304 e. The van der Waals surface area contributed by atoms with E-state index in [1.165, 1.54) is 0 Å². The first kappa shape index (κ1) is 13.3. The molecule has 0 bridgehead atoms. The van der Waals surface area contributed by atoms with Gasteiger partial charge in [-0.15, -0.1) is 0 Å². The molecule has 0 N–H and O–H groups in total. The Hall–Kier alpha value is -1.17. The highest BCUT2D eigenvalue weighted by Gasteiger charge is 2.27. The van der Waals surface area contributed by atoms with Crippen molar-refractivity contribution in [1.29, 1.82) is 0 Å². The highest BCUT2D eigenvalue weighted by molar-refractivity contribution is 7.89. The Morgan fingerprint density at radius 2 is 1.67 bits per heavy atom. The van der Waals surface area contributed by atoms with Crippen LogP contribution in [-0.4, -0.2) is 50.8 Å². The average Bonchev–Trinajstić information content (AvgIpc) is 2.39. The van der Waals surface area contributed by atoms with Crippen molar-refractivity contribution in [2.24, 2.45) is 0 Å². The summed E-state index contributed by atoms with van der Waals surface area (Å²) >= 11 is 0. The Kier molecular flexibility index (Phi) is 3.85. The summed E-state index contributed by atoms with van der Waals surface area (Å²) in [5.41, 5.74) is 0.923. The molecule has 1 aromatic rings. The van der Waals surface area contributed by atoms with Gasteiger partial charge in [-0.2, -0.15) is 4.31 Å². The molecule has 5 heteroatoms. The van der Waals surface area contributed by atoms with Crippen LogP contribution in [0.3, 0.4) is 0 Å². The molecule has 1 heterocycles. The highest BCUT2D eigenvalue weighted by Crippen LogP contribution is 2.18. The molecule has 0 aromatic heterocycles. The van der Waals surface area contributed by atoms with Gasteiger partial charge in [-0.05, 0) is 24.7 Å². The molecule has 0 spiro atoms. The van der Waals surface area contributed by atoms with Crippen molar-refractivity contribution in [1.82, 2.24) is 9.21 Å². The van der Waals surface area contributed by atoms with Crippen LogP contribution >= 0.6 is 0 Å². The number of sulfonamides is 1. The van der Waals surface area contributed by atoms with Crippen LogP contribution in [0.5, 0.6) is 0 Å². The van der Waals surface area contributed by atoms with E-state index in [9.17, 15) is 8.42 Å². The molecule has 18 heavy (non-hydrogen) atoms. The maximum absolute atomic E-state index is 12.4. The van der Waals surface area contributed by atoms with Gasteiger partial charge in [-0.1, -0.05) is 24.8 Å². The molecule has 1 aliphatic heterocycles. The first-order chi connectivity index (χ1) is 8.54. The monoisotopic (exact) mass is 266 g/mol. The molecule has 0 saturated carbocycles. The minimum atomic E-state index is -3.34. The fourth-order valence-electron chi connectivity index (χ4n) is 1.95. The maximum Gasteiger partial charge on any atom is 0.243 e. The van der Waals surface area contributed by atoms with Crippen molar-refractivity contribution in [3.63, 3.8) is 0 Å². The van der Waals surface area contributed by atoms with Crippen LogP contribution in [0.4, 0.5) is 0 Å². The quantitative estimate of drug-likeness (QED) is 0.827. The maximum atomic E-state index is 12.4. The fraction of sp³-hybridized carbons (Fsp3) is 0.385. The Morgan fingerprint density at radius 1 is 1.11 bits per heavy atom. The third kappa shape index (κ3) is 2.63. The van der Waals surface area contributed by atoms with E-state index in [1.807, 2.05) is 7.05 Å². The smallest absolute Gasteiger partial charge is 0.243 e. The van der Waals surface area contributed by atoms with E-state index in [-0.39, 0.29) is 0 Å². The predicted molar refractivity (Wildman–Crippen MR) is 72.8 cm³/mol. The van der Waals surface area contributed by atoms with Gasteiger partial charge in [0.05, 0.1) is 4.90 Å². The van der Waals surface area contributed by atoms with Crippen molar-refractivity contribution < 1.29 is 8.42 Å². The number of likely N-dealkylation sites (N-methyl/N-ethyl adjacent to an activating group) is 1. The summed E-state index contributed by atoms with van der Waals surface area (Å²) in [5.74, 6) is 0. The standard InChI is InChI=1S/C13H18N2O2S/c1-3-12-4-6-13(7-5-12)18(16,17)15-10-8-14(2)9-11-15/h3-7H,1,8-11H2,2H3. The van der Waals surface area contributed by atoms with E-state index in [2.05, 4.69) is 11.5 Å². The van der Waals surface area contributed by atoms with E-state index >= 15 is 0 Å². The molecule has 1 aromatic carbocycles. The Morgan fingerprint density at radius 3 is 2.17 bits per heavy atom. The summed E-state index contributed by atoms with van der Waals surface area (Å²) < 4.78 is 26.3. The van der Waals surface area contributed by atoms with Gasteiger partial charge < -0.3 is 4.90 Å². The molecule has 1 saturated heterocycles. The van der Waals surface area contributed by atoms with Gasteiger partial charge in [0.1, 0.15) is 0 Å². The van der Waals surface area contributed by atoms with Crippen molar-refractivity contribution in [3.05, 3.63) is 36.4 Å². The summed E-state index contributed by atoms with van der Waals surface area (Å²) in [6.07, 6.45) is 1.70. The second kappa shape index (κ2) is 5.22. The van der Waals surface area contributed by atoms with E-state index in [0.717, 1.165) is 18.7 Å².